The summed E-state index contributed by atoms with van der Waals surface area (Å²) in [6, 6.07) is -1.43. The van der Waals surface area contributed by atoms with Crippen molar-refractivity contribution in [2.24, 2.45) is 29.4 Å². The molecule has 3 aliphatic heterocycles. The summed E-state index contributed by atoms with van der Waals surface area (Å²) in [4.78, 5) is 53.0. The van der Waals surface area contributed by atoms with Gasteiger partial charge in [0.15, 0.2) is 24.3 Å². The summed E-state index contributed by atoms with van der Waals surface area (Å²) in [7, 11) is 4.75. The molecule has 328 valence electrons. The molecular formula is C41H70N2O14. The predicted molar refractivity (Wildman–Crippen MR) is 207 cm³/mol. The molecular weight excluding hydrogens is 744 g/mol. The molecule has 3 heterocycles. The van der Waals surface area contributed by atoms with Crippen LogP contribution in [0.25, 0.3) is 0 Å². The lowest BCUT2D eigenvalue weighted by Gasteiger charge is -2.50. The first kappa shape index (κ1) is 48.8. The maximum atomic E-state index is 14.5. The average molecular weight is 815 g/mol. The number of hydrogen-bond acceptors (Lipinski definition) is 16. The number of Topliss-reactive ketones (excluding diaryl/α,β-unsaturated/α-hetero) is 1. The van der Waals surface area contributed by atoms with Crippen molar-refractivity contribution in [3.05, 3.63) is 12.7 Å². The summed E-state index contributed by atoms with van der Waals surface area (Å²) in [6.07, 6.45) is -6.20. The largest absolute Gasteiger partial charge is 0.458 e. The van der Waals surface area contributed by atoms with E-state index in [0.29, 0.717) is 6.42 Å². The molecule has 16 heteroatoms. The first-order valence-electron chi connectivity index (χ1n) is 20.1. The van der Waals surface area contributed by atoms with Gasteiger partial charge in [-0.3, -0.25) is 14.4 Å². The second kappa shape index (κ2) is 20.1. The van der Waals surface area contributed by atoms with Gasteiger partial charge < -0.3 is 58.8 Å². The molecule has 18 atom stereocenters. The van der Waals surface area contributed by atoms with Gasteiger partial charge in [-0.15, -0.1) is 0 Å². The molecule has 0 aliphatic carbocycles. The van der Waals surface area contributed by atoms with Crippen LogP contribution >= 0.6 is 0 Å². The SMILES string of the molecule is C=CC(=O)OC1[C@H](C)O[C@@H](O[C@H]2[C@H](C)[C@@H](O[C@@H]3O[C@H](C)C[C@H](NC)[C@H]3O)[C@](C)(OC)C[C@@H](C)C(=O)[C@H](C)[C@@H](N)[C@](C)(OC=O)[C@@H](CC)OC(=O)[C@@H]2C)C[C@@]1(C)OC. The summed E-state index contributed by atoms with van der Waals surface area (Å²) in [6.45, 7) is 21.2. The molecule has 0 amide bonds. The Labute approximate surface area is 338 Å². The van der Waals surface area contributed by atoms with Crippen LogP contribution in [-0.2, 0) is 61.8 Å². The van der Waals surface area contributed by atoms with E-state index in [9.17, 15) is 24.3 Å². The van der Waals surface area contributed by atoms with Gasteiger partial charge in [-0.05, 0) is 67.9 Å². The Kier molecular flexibility index (Phi) is 17.3. The van der Waals surface area contributed by atoms with Crippen LogP contribution in [0.2, 0.25) is 0 Å². The number of nitrogens with two attached hydrogens (primary N) is 1. The molecule has 3 fully saturated rings. The number of rotatable bonds is 12. The third-order valence-corrected chi connectivity index (χ3v) is 12.8. The molecule has 3 aliphatic rings. The molecule has 0 bridgehead atoms. The van der Waals surface area contributed by atoms with Crippen molar-refractivity contribution in [1.29, 1.82) is 0 Å². The molecule has 4 N–H and O–H groups in total. The van der Waals surface area contributed by atoms with Crippen molar-refractivity contribution < 1.29 is 66.9 Å². The number of cyclic esters (lactones) is 1. The quantitative estimate of drug-likeness (QED) is 0.112. The molecule has 0 radical (unpaired) electrons. The number of likely N-dealkylation sites (N-methyl/N-ethyl adjacent to an activating group) is 1. The maximum Gasteiger partial charge on any atom is 0.330 e. The third-order valence-electron chi connectivity index (χ3n) is 12.8. The lowest BCUT2D eigenvalue weighted by molar-refractivity contribution is -0.317. The summed E-state index contributed by atoms with van der Waals surface area (Å²) in [5.41, 5.74) is 2.83. The van der Waals surface area contributed by atoms with E-state index in [1.54, 1.807) is 62.4 Å². The van der Waals surface area contributed by atoms with Gasteiger partial charge in [0.25, 0.3) is 6.47 Å². The van der Waals surface area contributed by atoms with Gasteiger partial charge in [-0.2, -0.15) is 0 Å². The number of aliphatic hydroxyl groups is 1. The van der Waals surface area contributed by atoms with Gasteiger partial charge in [-0.1, -0.05) is 34.3 Å². The zero-order valence-corrected chi connectivity index (χ0v) is 36.2. The number of aliphatic hydroxyl groups excluding tert-OH is 1. The number of ketones is 1. The predicted octanol–water partition coefficient (Wildman–Crippen LogP) is 2.98. The van der Waals surface area contributed by atoms with E-state index in [-0.39, 0.29) is 43.7 Å². The summed E-state index contributed by atoms with van der Waals surface area (Å²) >= 11 is 0. The van der Waals surface area contributed by atoms with Gasteiger partial charge in [0.05, 0.1) is 42.0 Å². The van der Waals surface area contributed by atoms with Gasteiger partial charge in [-0.25, -0.2) is 4.79 Å². The Morgan fingerprint density at radius 2 is 1.60 bits per heavy atom. The lowest BCUT2D eigenvalue weighted by Crippen LogP contribution is -2.63. The molecule has 3 saturated heterocycles. The molecule has 0 spiro atoms. The standard InChI is InChI=1S/C41H70N2O14/c1-15-28-41(11,51-20-44)34(42)23(5)31(46)21(3)18-39(9,49-13)35(57-38-32(47)27(43-12)17-22(4)52-38)24(6)33(25(7)37(48)54-28)56-30-19-40(10,50-14)36(26(8)53-30)55-29(45)16-2/h16,20-28,30,32-36,38,43,47H,2,15,17-19,42H2,1,3-14H3/t21-,22-,23+,24+,25-,26+,27+,28-,30+,32-,33+,34-,35-,36?,38+,39-,40-,41-/m1/s1. The lowest BCUT2D eigenvalue weighted by atomic mass is 9.73. The highest BCUT2D eigenvalue weighted by molar-refractivity contribution is 5.84. The van der Waals surface area contributed by atoms with Crippen LogP contribution in [0.3, 0.4) is 0 Å². The van der Waals surface area contributed by atoms with E-state index in [2.05, 4.69) is 11.9 Å². The zero-order chi connectivity index (χ0) is 43.2. The minimum absolute atomic E-state index is 0.0773. The summed E-state index contributed by atoms with van der Waals surface area (Å²) < 4.78 is 55.9. The fourth-order valence-electron chi connectivity index (χ4n) is 9.05. The van der Waals surface area contributed by atoms with Gasteiger partial charge in [0.2, 0.25) is 0 Å². The van der Waals surface area contributed by atoms with E-state index in [1.165, 1.54) is 14.2 Å². The van der Waals surface area contributed by atoms with Crippen molar-refractivity contribution in [2.75, 3.05) is 21.3 Å². The van der Waals surface area contributed by atoms with Gasteiger partial charge >= 0.3 is 11.9 Å². The normalized spacial score (nSPS) is 45.3. The molecule has 1 unspecified atom stereocenters. The molecule has 3 rings (SSSR count). The van der Waals surface area contributed by atoms with Crippen LogP contribution in [0.4, 0.5) is 0 Å². The number of carbonyl (C=O) groups excluding carboxylic acids is 4. The van der Waals surface area contributed by atoms with E-state index < -0.39 is 108 Å². The zero-order valence-electron chi connectivity index (χ0n) is 36.2. The van der Waals surface area contributed by atoms with Gasteiger partial charge in [0, 0.05) is 50.5 Å². The first-order chi connectivity index (χ1) is 26.6. The maximum absolute atomic E-state index is 14.5. The Morgan fingerprint density at radius 3 is 2.14 bits per heavy atom. The molecule has 0 aromatic rings. The van der Waals surface area contributed by atoms with E-state index in [4.69, 9.17) is 48.4 Å². The van der Waals surface area contributed by atoms with Crippen LogP contribution < -0.4 is 11.1 Å². The third kappa shape index (κ3) is 10.6. The Bertz CT molecular complexity index is 1390. The second-order valence-corrected chi connectivity index (χ2v) is 16.9. The average Bonchev–Trinajstić information content (AvgIpc) is 3.18. The van der Waals surface area contributed by atoms with E-state index in [0.717, 1.165) is 6.08 Å². The Balaban J connectivity index is 2.25. The number of methoxy groups -OCH3 is 2. The fourth-order valence-corrected chi connectivity index (χ4v) is 9.05. The number of ether oxygens (including phenoxy) is 9. The number of carbonyl (C=O) groups is 4. The van der Waals surface area contributed by atoms with Crippen molar-refractivity contribution >= 4 is 24.2 Å². The van der Waals surface area contributed by atoms with Gasteiger partial charge in [0.1, 0.15) is 23.6 Å². The van der Waals surface area contributed by atoms with E-state index >= 15 is 0 Å². The van der Waals surface area contributed by atoms with Crippen LogP contribution in [0, 0.1) is 23.7 Å². The molecule has 0 saturated carbocycles. The summed E-state index contributed by atoms with van der Waals surface area (Å²) in [5.74, 6) is -4.89. The Morgan fingerprint density at radius 1 is 0.982 bits per heavy atom. The van der Waals surface area contributed by atoms with Crippen molar-refractivity contribution in [1.82, 2.24) is 5.32 Å². The molecule has 0 aromatic heterocycles. The highest BCUT2D eigenvalue weighted by Crippen LogP contribution is 2.42. The Hall–Kier alpha value is -2.54. The van der Waals surface area contributed by atoms with Crippen LogP contribution in [0.1, 0.15) is 94.9 Å². The highest BCUT2D eigenvalue weighted by atomic mass is 16.7. The number of esters is 2. The van der Waals surface area contributed by atoms with Crippen LogP contribution in [0.5, 0.6) is 0 Å². The molecule has 57 heavy (non-hydrogen) atoms. The fraction of sp³-hybridized carbons (Fsp3) is 0.854. The van der Waals surface area contributed by atoms with Crippen LogP contribution in [-0.4, -0.2) is 135 Å². The van der Waals surface area contributed by atoms with E-state index in [1.807, 2.05) is 13.8 Å². The van der Waals surface area contributed by atoms with Crippen molar-refractivity contribution in [3.63, 3.8) is 0 Å². The smallest absolute Gasteiger partial charge is 0.330 e. The molecule has 16 nitrogen and oxygen atoms in total. The first-order valence-corrected chi connectivity index (χ1v) is 20.1. The minimum Gasteiger partial charge on any atom is -0.458 e. The second-order valence-electron chi connectivity index (χ2n) is 16.9. The highest BCUT2D eigenvalue weighted by Gasteiger charge is 2.55. The number of hydrogen-bond donors (Lipinski definition) is 3. The summed E-state index contributed by atoms with van der Waals surface area (Å²) in [5, 5.41) is 14.6. The van der Waals surface area contributed by atoms with Crippen molar-refractivity contribution in [3.8, 4) is 0 Å². The topological polar surface area (TPSA) is 210 Å². The molecule has 0 aromatic carbocycles. The van der Waals surface area contributed by atoms with Crippen LogP contribution in [0.15, 0.2) is 12.7 Å². The number of nitrogens with one attached hydrogen (secondary N) is 1. The monoisotopic (exact) mass is 814 g/mol. The van der Waals surface area contributed by atoms with Crippen molar-refractivity contribution in [2.45, 2.75) is 179 Å². The minimum atomic E-state index is -1.59.